The highest BCUT2D eigenvalue weighted by Crippen LogP contribution is 2.48. The van der Waals surface area contributed by atoms with Crippen LogP contribution < -0.4 is 30.1 Å². The molecule has 0 atom stereocenters. The van der Waals surface area contributed by atoms with Crippen LogP contribution in [0.25, 0.3) is 94.5 Å². The third kappa shape index (κ3) is 9.51. The Hall–Kier alpha value is -10.1. The maximum absolute atomic E-state index is 11.1. The molecule has 0 fully saturated rings. The Bertz CT molecular complexity index is 6050. The fourth-order valence-corrected chi connectivity index (χ4v) is 16.3. The minimum Gasteiger partial charge on any atom is -0.458 e. The highest BCUT2D eigenvalue weighted by molar-refractivity contribution is 7.19. The Morgan fingerprint density at radius 1 is 0.444 bits per heavy atom. The molecule has 0 amide bonds. The van der Waals surface area contributed by atoms with Gasteiger partial charge in [0, 0.05) is 23.0 Å². The van der Waals surface area contributed by atoms with E-state index in [1.165, 1.54) is 0 Å². The Kier molecular flexibility index (Phi) is 9.35. The molecule has 0 spiro atoms. The molecule has 90 heavy (non-hydrogen) atoms. The molecule has 15 rings (SSSR count). The normalized spacial score (nSPS) is 15.5. The molecular weight excluding hydrogens is 1110 g/mol. The quantitative estimate of drug-likeness (QED) is 0.0625. The van der Waals surface area contributed by atoms with Gasteiger partial charge < -0.3 is 4.74 Å². The minimum absolute atomic E-state index is 0.00135. The molecule has 0 radical (unpaired) electrons. The lowest BCUT2D eigenvalue weighted by atomic mass is 9.77. The first-order chi connectivity index (χ1) is 51.4. The largest absolute Gasteiger partial charge is 0.458 e. The highest BCUT2D eigenvalue weighted by Gasteiger charge is 2.42. The summed E-state index contributed by atoms with van der Waals surface area (Å²) in [5.41, 5.74) is 9.99. The molecule has 0 N–H and O–H groups in total. The van der Waals surface area contributed by atoms with Gasteiger partial charge in [0.1, 0.15) is 17.3 Å². The van der Waals surface area contributed by atoms with E-state index in [-0.39, 0.29) is 16.4 Å². The van der Waals surface area contributed by atoms with Crippen LogP contribution in [0.2, 0.25) is 0 Å². The van der Waals surface area contributed by atoms with Gasteiger partial charge in [0.05, 0.1) is 59.5 Å². The zero-order valence-corrected chi connectivity index (χ0v) is 52.2. The molecule has 1 aliphatic rings. The standard InChI is InChI=1S/C84H72N4OSi/c1-82(2,3)58-45-46-85-79(52-58)88-76-42-24-23-41-71(76)72-44-43-62(54-77(72)88)89-61-29-26-28-60(53-61)86-55-87-80-74(50-59(83(4,5)6)51-75(80)84(7,8)9)70-40-22-20-38-68(70)67-37-19-21-39-69(67)73-48-57(49-78(86)81(73)87)56-27-25-36-66(47-56)90(63-30-13-10-14-31-63,64-32-15-11-16-33-64)65-34-17-12-18-35-65/h10-54H,1-9H3/i10D,11D,12D,13D,14D,15D,16D,17D,18D,25D,27D,30D,31D,32D,33D,34D,35D,36D,47D. The predicted molar refractivity (Wildman–Crippen MR) is 377 cm³/mol. The number of rotatable bonds is 9. The molecule has 0 saturated carbocycles. The topological polar surface area (TPSA) is 35.9 Å². The van der Waals surface area contributed by atoms with Gasteiger partial charge in [-0.1, -0.05) is 268 Å². The summed E-state index contributed by atoms with van der Waals surface area (Å²) >= 11 is 0. The Labute approximate surface area is 556 Å². The zero-order chi connectivity index (χ0) is 78.2. The number of ether oxygens (including phenoxy) is 1. The summed E-state index contributed by atoms with van der Waals surface area (Å²) in [7, 11) is -6.26. The molecule has 0 unspecified atom stereocenters. The van der Waals surface area contributed by atoms with E-state index >= 15 is 0 Å². The summed E-state index contributed by atoms with van der Waals surface area (Å²) in [6.07, 6.45) is 5.68. The number of nitrogens with zero attached hydrogens (tertiary/aromatic N) is 4. The maximum atomic E-state index is 11.1. The van der Waals surface area contributed by atoms with E-state index in [1.54, 1.807) is 12.1 Å². The number of pyridine rings is 1. The van der Waals surface area contributed by atoms with Crippen LogP contribution in [0.4, 0.5) is 0 Å². The molecule has 1 aliphatic heterocycles. The Morgan fingerprint density at radius 2 is 1.02 bits per heavy atom. The van der Waals surface area contributed by atoms with Crippen molar-refractivity contribution in [2.24, 2.45) is 0 Å². The van der Waals surface area contributed by atoms with Crippen molar-refractivity contribution in [3.05, 3.63) is 296 Å². The van der Waals surface area contributed by atoms with Crippen molar-refractivity contribution < 1.29 is 35.3 Å². The molecule has 0 saturated heterocycles. The predicted octanol–water partition coefficient (Wildman–Crippen LogP) is 18.2. The number of hydrogen-bond acceptors (Lipinski definition) is 2. The summed E-state index contributed by atoms with van der Waals surface area (Å²) in [5.74, 6) is 1.64. The molecule has 3 aromatic heterocycles. The van der Waals surface area contributed by atoms with Gasteiger partial charge in [0.15, 0.2) is 8.07 Å². The number of aromatic nitrogens is 4. The van der Waals surface area contributed by atoms with Gasteiger partial charge in [-0.2, -0.15) is 0 Å². The minimum atomic E-state index is -6.26. The van der Waals surface area contributed by atoms with Crippen LogP contribution in [0.5, 0.6) is 11.5 Å². The van der Waals surface area contributed by atoms with Crippen LogP contribution in [-0.4, -0.2) is 22.2 Å². The molecule has 14 aromatic rings. The third-order valence-electron chi connectivity index (χ3n) is 17.2. The van der Waals surface area contributed by atoms with Gasteiger partial charge in [-0.25, -0.2) is 4.98 Å². The van der Waals surface area contributed by atoms with E-state index < -0.39 is 155 Å². The molecule has 0 aliphatic carbocycles. The van der Waals surface area contributed by atoms with Crippen molar-refractivity contribution in [2.75, 3.05) is 0 Å². The molecular formula is C84H72N4OSi. The van der Waals surface area contributed by atoms with Crippen molar-refractivity contribution in [3.8, 4) is 73.2 Å². The molecule has 5 nitrogen and oxygen atoms in total. The number of hydrogen-bond donors (Lipinski definition) is 0. The first-order valence-electron chi connectivity index (χ1n) is 39.5. The number of imidazole rings is 1. The molecule has 6 heteroatoms. The average Bonchev–Trinajstić information content (AvgIpc) is 1.45. The van der Waals surface area contributed by atoms with Crippen LogP contribution in [-0.2, 0) is 16.2 Å². The van der Waals surface area contributed by atoms with E-state index in [0.29, 0.717) is 39.3 Å². The van der Waals surface area contributed by atoms with Crippen LogP contribution in [0.1, 0.15) is 105 Å². The summed E-state index contributed by atoms with van der Waals surface area (Å²) in [5, 5.41) is -1.70. The lowest BCUT2D eigenvalue weighted by Crippen LogP contribution is -2.74. The fraction of sp³-hybridized carbons (Fsp3) is 0.143. The maximum Gasteiger partial charge on any atom is 0.269 e. The summed E-state index contributed by atoms with van der Waals surface area (Å²) in [6, 6.07) is 29.8. The van der Waals surface area contributed by atoms with E-state index in [1.807, 2.05) is 118 Å². The lowest BCUT2D eigenvalue weighted by molar-refractivity contribution is -0.572. The highest BCUT2D eigenvalue weighted by atomic mass is 28.3. The smallest absolute Gasteiger partial charge is 0.269 e. The van der Waals surface area contributed by atoms with Crippen molar-refractivity contribution in [3.63, 3.8) is 0 Å². The Morgan fingerprint density at radius 3 is 1.66 bits per heavy atom. The van der Waals surface area contributed by atoms with Crippen LogP contribution in [0.3, 0.4) is 0 Å². The van der Waals surface area contributed by atoms with Crippen molar-refractivity contribution in [1.82, 2.24) is 14.1 Å². The van der Waals surface area contributed by atoms with Gasteiger partial charge in [0.2, 0.25) is 0 Å². The van der Waals surface area contributed by atoms with Crippen molar-refractivity contribution in [2.45, 2.75) is 78.6 Å². The van der Waals surface area contributed by atoms with Crippen molar-refractivity contribution in [1.29, 1.82) is 0 Å². The molecule has 438 valence electrons. The van der Waals surface area contributed by atoms with Gasteiger partial charge in [-0.15, -0.1) is 0 Å². The third-order valence-corrected chi connectivity index (χ3v) is 21.2. The second-order valence-corrected chi connectivity index (χ2v) is 29.5. The second-order valence-electron chi connectivity index (χ2n) is 26.0. The summed E-state index contributed by atoms with van der Waals surface area (Å²) in [4.78, 5) is 4.91. The summed E-state index contributed by atoms with van der Waals surface area (Å²) < 4.78 is 196. The van der Waals surface area contributed by atoms with E-state index in [2.05, 4.69) is 110 Å². The van der Waals surface area contributed by atoms with Crippen molar-refractivity contribution >= 4 is 61.7 Å². The summed E-state index contributed by atoms with van der Waals surface area (Å²) in [6.45, 7) is 19.4. The van der Waals surface area contributed by atoms with Gasteiger partial charge >= 0.3 is 0 Å². The SMILES string of the molecule is [2H]c1c([2H])c([2H])c([Si](c2c([2H])c([2H])c([2H])c([2H])c2[2H])(c2c([2H])c([2H])c([2H])c([2H])c2[2H])c2c([2H])c([2H])c([2H])c(-c3cc4c5c(c3)n(-c3cccc(Oc6ccc7c8ccccc8n(-c8cc(C(C)(C)C)ccn8)c7c6)c3)[c-][n+]5-c3c(cc(C(C)(C)C)cc3C(C)(C)C)-c3ccccc3-c3ccccc3-4)c2[2H])c([2H])c1[2H]. The number of para-hydroxylation sites is 1. The molecule has 11 aromatic carbocycles. The number of benzene rings is 11. The van der Waals surface area contributed by atoms with Crippen LogP contribution in [0, 0.1) is 6.33 Å². The van der Waals surface area contributed by atoms with E-state index in [9.17, 15) is 21.9 Å². The lowest BCUT2D eigenvalue weighted by Gasteiger charge is -2.34. The zero-order valence-electron chi connectivity index (χ0n) is 70.2. The average molecular weight is 1200 g/mol. The van der Waals surface area contributed by atoms with Gasteiger partial charge in [-0.05, 0) is 153 Å². The second kappa shape index (κ2) is 21.6. The Balaban J connectivity index is 1.09. The number of fused-ring (bicyclic) bond motifs is 10. The van der Waals surface area contributed by atoms with E-state index in [0.717, 1.165) is 72.3 Å². The van der Waals surface area contributed by atoms with Gasteiger partial charge in [-0.3, -0.25) is 13.7 Å². The van der Waals surface area contributed by atoms with Gasteiger partial charge in [0.25, 0.3) is 6.33 Å². The monoisotopic (exact) mass is 1200 g/mol. The first-order valence-corrected chi connectivity index (χ1v) is 32.0. The first kappa shape index (κ1) is 39.0. The fourth-order valence-electron chi connectivity index (χ4n) is 12.8. The van der Waals surface area contributed by atoms with Crippen LogP contribution >= 0.6 is 0 Å². The molecule has 4 heterocycles. The van der Waals surface area contributed by atoms with Crippen LogP contribution in [0.15, 0.2) is 273 Å². The van der Waals surface area contributed by atoms with E-state index in [4.69, 9.17) is 13.8 Å². The molecule has 0 bridgehead atoms.